The fourth-order valence-electron chi connectivity index (χ4n) is 2.78. The zero-order valence-electron chi connectivity index (χ0n) is 10.5. The molecule has 3 nitrogen and oxygen atoms in total. The molecule has 18 heavy (non-hydrogen) atoms. The van der Waals surface area contributed by atoms with Crippen LogP contribution in [-0.2, 0) is 10.6 Å². The number of imidazole rings is 1. The lowest BCUT2D eigenvalue weighted by Gasteiger charge is -2.25. The Kier molecular flexibility index (Phi) is 3.27. The molecule has 1 aromatic heterocycles. The zero-order valence-corrected chi connectivity index (χ0v) is 11.3. The number of ether oxygens (including phenoxy) is 1. The highest BCUT2D eigenvalue weighted by atomic mass is 35.5. The van der Waals surface area contributed by atoms with Crippen molar-refractivity contribution in [2.24, 2.45) is 0 Å². The average molecular weight is 265 g/mol. The highest BCUT2D eigenvalue weighted by molar-refractivity contribution is 6.16. The molecule has 96 valence electrons. The van der Waals surface area contributed by atoms with Crippen LogP contribution in [0.25, 0.3) is 11.0 Å². The minimum absolute atomic E-state index is 0.374. The van der Waals surface area contributed by atoms with Gasteiger partial charge in [0, 0.05) is 6.61 Å². The predicted molar refractivity (Wildman–Crippen MR) is 73.1 cm³/mol. The number of fused-ring (bicyclic) bond motifs is 1. The van der Waals surface area contributed by atoms with Crippen LogP contribution in [0.1, 0.15) is 30.3 Å². The summed E-state index contributed by atoms with van der Waals surface area (Å²) in [6.07, 6.45) is 2.25. The molecule has 0 spiro atoms. The van der Waals surface area contributed by atoms with Crippen molar-refractivity contribution in [3.63, 3.8) is 0 Å². The normalized spacial score (nSPS) is 20.4. The maximum absolute atomic E-state index is 6.05. The summed E-state index contributed by atoms with van der Waals surface area (Å²) < 4.78 is 7.89. The lowest BCUT2D eigenvalue weighted by molar-refractivity contribution is 0.0597. The van der Waals surface area contributed by atoms with Crippen molar-refractivity contribution in [1.29, 1.82) is 0 Å². The largest absolute Gasteiger partial charge is 0.379 e. The van der Waals surface area contributed by atoms with Crippen LogP contribution < -0.4 is 0 Å². The summed E-state index contributed by atoms with van der Waals surface area (Å²) in [7, 11) is 0. The van der Waals surface area contributed by atoms with E-state index in [0.29, 0.717) is 11.9 Å². The van der Waals surface area contributed by atoms with Crippen molar-refractivity contribution in [3.8, 4) is 0 Å². The van der Waals surface area contributed by atoms with Crippen LogP contribution in [0.5, 0.6) is 0 Å². The van der Waals surface area contributed by atoms with Gasteiger partial charge in [0.15, 0.2) is 0 Å². The maximum Gasteiger partial charge on any atom is 0.125 e. The fraction of sp³-hybridized carbons (Fsp3) is 0.500. The van der Waals surface area contributed by atoms with Gasteiger partial charge in [-0.05, 0) is 31.4 Å². The Bertz CT molecular complexity index is 558. The van der Waals surface area contributed by atoms with E-state index in [1.807, 2.05) is 6.07 Å². The summed E-state index contributed by atoms with van der Waals surface area (Å²) in [5, 5.41) is 0. The van der Waals surface area contributed by atoms with Gasteiger partial charge in [0.1, 0.15) is 5.82 Å². The van der Waals surface area contributed by atoms with Gasteiger partial charge in [0.05, 0.1) is 29.6 Å². The van der Waals surface area contributed by atoms with Gasteiger partial charge < -0.3 is 9.30 Å². The monoisotopic (exact) mass is 264 g/mol. The number of para-hydroxylation sites is 1. The second-order valence-corrected chi connectivity index (χ2v) is 5.11. The Balaban J connectivity index is 2.17. The molecule has 1 aliphatic rings. The SMILES string of the molecule is Cc1cccc2nc(CCl)n(C3CCCOC3)c12. The second-order valence-electron chi connectivity index (χ2n) is 4.85. The molecule has 1 unspecified atom stereocenters. The summed E-state index contributed by atoms with van der Waals surface area (Å²) >= 11 is 6.05. The van der Waals surface area contributed by atoms with Gasteiger partial charge in [-0.2, -0.15) is 0 Å². The van der Waals surface area contributed by atoms with Crippen molar-refractivity contribution >= 4 is 22.6 Å². The number of rotatable bonds is 2. The van der Waals surface area contributed by atoms with Crippen molar-refractivity contribution in [2.45, 2.75) is 31.7 Å². The van der Waals surface area contributed by atoms with Crippen LogP contribution in [-0.4, -0.2) is 22.8 Å². The lowest BCUT2D eigenvalue weighted by atomic mass is 10.1. The van der Waals surface area contributed by atoms with Crippen LogP contribution in [0.2, 0.25) is 0 Å². The van der Waals surface area contributed by atoms with Crippen molar-refractivity contribution in [2.75, 3.05) is 13.2 Å². The molecule has 2 heterocycles. The quantitative estimate of drug-likeness (QED) is 0.777. The molecule has 3 rings (SSSR count). The molecule has 0 aliphatic carbocycles. The number of hydrogen-bond acceptors (Lipinski definition) is 2. The summed E-state index contributed by atoms with van der Waals surface area (Å²) in [6.45, 7) is 3.77. The molecular weight excluding hydrogens is 248 g/mol. The van der Waals surface area contributed by atoms with E-state index in [1.165, 1.54) is 11.1 Å². The summed E-state index contributed by atoms with van der Waals surface area (Å²) in [6, 6.07) is 6.60. The van der Waals surface area contributed by atoms with E-state index in [4.69, 9.17) is 16.3 Å². The number of aromatic nitrogens is 2. The minimum Gasteiger partial charge on any atom is -0.379 e. The first kappa shape index (κ1) is 12.0. The van der Waals surface area contributed by atoms with Gasteiger partial charge in [0.25, 0.3) is 0 Å². The van der Waals surface area contributed by atoms with Crippen molar-refractivity contribution in [3.05, 3.63) is 29.6 Å². The molecule has 0 amide bonds. The van der Waals surface area contributed by atoms with Gasteiger partial charge >= 0.3 is 0 Å². The number of halogens is 1. The molecular formula is C14H17ClN2O. The molecule has 4 heteroatoms. The summed E-state index contributed by atoms with van der Waals surface area (Å²) in [5.41, 5.74) is 3.50. The molecule has 2 aromatic rings. The number of nitrogens with zero attached hydrogens (tertiary/aromatic N) is 2. The number of benzene rings is 1. The number of hydrogen-bond donors (Lipinski definition) is 0. The first-order valence-corrected chi connectivity index (χ1v) is 6.95. The Morgan fingerprint density at radius 2 is 2.39 bits per heavy atom. The van der Waals surface area contributed by atoms with E-state index in [2.05, 4.69) is 28.6 Å². The van der Waals surface area contributed by atoms with Gasteiger partial charge in [-0.1, -0.05) is 12.1 Å². The number of alkyl halides is 1. The molecule has 1 fully saturated rings. The van der Waals surface area contributed by atoms with Gasteiger partial charge in [-0.3, -0.25) is 0 Å². The Morgan fingerprint density at radius 3 is 3.11 bits per heavy atom. The lowest BCUT2D eigenvalue weighted by Crippen LogP contribution is -2.22. The van der Waals surface area contributed by atoms with Gasteiger partial charge in [-0.25, -0.2) is 4.98 Å². The Morgan fingerprint density at radius 1 is 1.50 bits per heavy atom. The molecule has 0 bridgehead atoms. The third kappa shape index (κ3) is 1.91. The molecule has 0 saturated carbocycles. The third-order valence-electron chi connectivity index (χ3n) is 3.61. The molecule has 0 N–H and O–H groups in total. The third-order valence-corrected chi connectivity index (χ3v) is 3.84. The van der Waals surface area contributed by atoms with E-state index in [9.17, 15) is 0 Å². The molecule has 1 aliphatic heterocycles. The van der Waals surface area contributed by atoms with Crippen LogP contribution in [0, 0.1) is 6.92 Å². The Labute approximate surface area is 112 Å². The smallest absolute Gasteiger partial charge is 0.125 e. The summed E-state index contributed by atoms with van der Waals surface area (Å²) in [5.74, 6) is 1.40. The molecule has 0 radical (unpaired) electrons. The predicted octanol–water partition coefficient (Wildman–Crippen LogP) is 3.44. The van der Waals surface area contributed by atoms with Crippen LogP contribution in [0.3, 0.4) is 0 Å². The molecule has 1 aromatic carbocycles. The van der Waals surface area contributed by atoms with Crippen molar-refractivity contribution < 1.29 is 4.74 Å². The van der Waals surface area contributed by atoms with E-state index >= 15 is 0 Å². The highest BCUT2D eigenvalue weighted by Gasteiger charge is 2.22. The van der Waals surface area contributed by atoms with E-state index in [1.54, 1.807) is 0 Å². The maximum atomic E-state index is 6.05. The first-order chi connectivity index (χ1) is 8.81. The standard InChI is InChI=1S/C14H17ClN2O/c1-10-4-2-6-12-14(10)17(13(8-15)16-12)11-5-3-7-18-9-11/h2,4,6,11H,3,5,7-9H2,1H3. The Hall–Kier alpha value is -1.06. The van der Waals surface area contributed by atoms with Crippen LogP contribution >= 0.6 is 11.6 Å². The van der Waals surface area contributed by atoms with Crippen LogP contribution in [0.15, 0.2) is 18.2 Å². The molecule has 1 saturated heterocycles. The second kappa shape index (κ2) is 4.90. The van der Waals surface area contributed by atoms with Gasteiger partial charge in [0.2, 0.25) is 0 Å². The molecule has 1 atom stereocenters. The highest BCUT2D eigenvalue weighted by Crippen LogP contribution is 2.29. The number of aryl methyl sites for hydroxylation is 1. The minimum atomic E-state index is 0.374. The van der Waals surface area contributed by atoms with Gasteiger partial charge in [-0.15, -0.1) is 11.6 Å². The summed E-state index contributed by atoms with van der Waals surface area (Å²) in [4.78, 5) is 4.64. The van der Waals surface area contributed by atoms with Crippen LogP contribution in [0.4, 0.5) is 0 Å². The first-order valence-electron chi connectivity index (χ1n) is 6.41. The van der Waals surface area contributed by atoms with E-state index in [0.717, 1.165) is 37.4 Å². The average Bonchev–Trinajstić information content (AvgIpc) is 2.79. The van der Waals surface area contributed by atoms with Crippen molar-refractivity contribution in [1.82, 2.24) is 9.55 Å². The van der Waals surface area contributed by atoms with E-state index in [-0.39, 0.29) is 0 Å². The van der Waals surface area contributed by atoms with E-state index < -0.39 is 0 Å². The topological polar surface area (TPSA) is 27.1 Å². The zero-order chi connectivity index (χ0) is 12.5. The fourth-order valence-corrected chi connectivity index (χ4v) is 2.97.